The SMILES string of the molecule is COc1ccc(S(=O)(=O)c2cnc(SCC(=O)Nc3c(C)cc(C)cc3C)[nH]c2=O)cc1Cl. The summed E-state index contributed by atoms with van der Waals surface area (Å²) in [6, 6.07) is 7.85. The number of amides is 1. The molecular formula is C22H22ClN3O5S2. The fraction of sp³-hybridized carbons (Fsp3) is 0.227. The summed E-state index contributed by atoms with van der Waals surface area (Å²) >= 11 is 7.00. The van der Waals surface area contributed by atoms with Gasteiger partial charge >= 0.3 is 0 Å². The quantitative estimate of drug-likeness (QED) is 0.367. The monoisotopic (exact) mass is 507 g/mol. The van der Waals surface area contributed by atoms with E-state index in [0.29, 0.717) is 5.75 Å². The van der Waals surface area contributed by atoms with Gasteiger partial charge in [0.15, 0.2) is 10.1 Å². The van der Waals surface area contributed by atoms with Gasteiger partial charge in [-0.1, -0.05) is 41.1 Å². The molecule has 0 saturated carbocycles. The summed E-state index contributed by atoms with van der Waals surface area (Å²) in [6.07, 6.45) is 0.973. The van der Waals surface area contributed by atoms with Crippen LogP contribution >= 0.6 is 23.4 Å². The van der Waals surface area contributed by atoms with Crippen molar-refractivity contribution < 1.29 is 17.9 Å². The Hall–Kier alpha value is -2.82. The predicted octanol–water partition coefficient (Wildman–Crippen LogP) is 3.92. The standard InChI is InChI=1S/C22H22ClN3O5S2/c1-12-7-13(2)20(14(3)8-12)25-19(27)11-32-22-24-10-18(21(28)26-22)33(29,30)15-5-6-17(31-4)16(23)9-15/h5-10H,11H2,1-4H3,(H,25,27)(H,24,26,28). The highest BCUT2D eigenvalue weighted by Gasteiger charge is 2.23. The van der Waals surface area contributed by atoms with Gasteiger partial charge in [-0.25, -0.2) is 13.4 Å². The molecule has 174 valence electrons. The molecule has 3 rings (SSSR count). The van der Waals surface area contributed by atoms with Gasteiger partial charge in [0.25, 0.3) is 5.56 Å². The lowest BCUT2D eigenvalue weighted by Gasteiger charge is -2.12. The molecule has 11 heteroatoms. The third kappa shape index (κ3) is 5.58. The van der Waals surface area contributed by atoms with Crippen LogP contribution in [0, 0.1) is 20.8 Å². The maximum atomic E-state index is 12.8. The molecule has 33 heavy (non-hydrogen) atoms. The second kappa shape index (κ2) is 9.98. The van der Waals surface area contributed by atoms with Crippen molar-refractivity contribution in [2.75, 3.05) is 18.2 Å². The minimum absolute atomic E-state index is 0.0180. The molecule has 0 radical (unpaired) electrons. The largest absolute Gasteiger partial charge is 0.495 e. The van der Waals surface area contributed by atoms with Crippen LogP contribution in [0.25, 0.3) is 0 Å². The number of rotatable bonds is 7. The summed E-state index contributed by atoms with van der Waals surface area (Å²) in [4.78, 5) is 30.6. The first-order chi connectivity index (χ1) is 15.5. The fourth-order valence-corrected chi connectivity index (χ4v) is 5.47. The number of aryl methyl sites for hydroxylation is 3. The van der Waals surface area contributed by atoms with Crippen molar-refractivity contribution in [1.29, 1.82) is 0 Å². The van der Waals surface area contributed by atoms with Gasteiger partial charge in [0.05, 0.1) is 29.0 Å². The van der Waals surface area contributed by atoms with E-state index in [4.69, 9.17) is 16.3 Å². The number of carbonyl (C=O) groups excluding carboxylic acids is 1. The number of halogens is 1. The summed E-state index contributed by atoms with van der Waals surface area (Å²) < 4.78 is 30.7. The van der Waals surface area contributed by atoms with E-state index in [1.54, 1.807) is 0 Å². The van der Waals surface area contributed by atoms with Crippen molar-refractivity contribution in [3.63, 3.8) is 0 Å². The molecule has 0 saturated heterocycles. The van der Waals surface area contributed by atoms with Crippen LogP contribution in [0.3, 0.4) is 0 Å². The third-order valence-corrected chi connectivity index (χ3v) is 7.67. The number of aromatic nitrogens is 2. The summed E-state index contributed by atoms with van der Waals surface area (Å²) in [5.41, 5.74) is 2.90. The molecule has 8 nitrogen and oxygen atoms in total. The van der Waals surface area contributed by atoms with Crippen molar-refractivity contribution >= 4 is 44.8 Å². The van der Waals surface area contributed by atoms with Crippen LogP contribution in [0.2, 0.25) is 5.02 Å². The molecular weight excluding hydrogens is 486 g/mol. The lowest BCUT2D eigenvalue weighted by molar-refractivity contribution is -0.113. The summed E-state index contributed by atoms with van der Waals surface area (Å²) in [6.45, 7) is 5.81. The molecule has 0 spiro atoms. The number of benzene rings is 2. The zero-order valence-corrected chi connectivity index (χ0v) is 20.7. The van der Waals surface area contributed by atoms with Gasteiger partial charge in [0.1, 0.15) is 5.75 Å². The van der Waals surface area contributed by atoms with Crippen LogP contribution in [0.1, 0.15) is 16.7 Å². The Balaban J connectivity index is 1.74. The van der Waals surface area contributed by atoms with Crippen molar-refractivity contribution in [3.05, 3.63) is 68.6 Å². The summed E-state index contributed by atoms with van der Waals surface area (Å²) in [7, 11) is -2.75. The van der Waals surface area contributed by atoms with E-state index >= 15 is 0 Å². The number of nitrogens with one attached hydrogen (secondary N) is 2. The Kier molecular flexibility index (Phi) is 7.51. The van der Waals surface area contributed by atoms with Gasteiger partial charge < -0.3 is 15.0 Å². The van der Waals surface area contributed by atoms with Gasteiger partial charge in [-0.05, 0) is 50.1 Å². The molecule has 2 N–H and O–H groups in total. The molecule has 2 aromatic carbocycles. The fourth-order valence-electron chi connectivity index (χ4n) is 3.26. The number of H-pyrrole nitrogens is 1. The van der Waals surface area contributed by atoms with Crippen LogP contribution in [0.5, 0.6) is 5.75 Å². The first-order valence-electron chi connectivity index (χ1n) is 9.71. The predicted molar refractivity (Wildman–Crippen MR) is 128 cm³/mol. The van der Waals surface area contributed by atoms with E-state index < -0.39 is 20.3 Å². The number of ether oxygens (including phenoxy) is 1. The number of nitrogens with zero attached hydrogens (tertiary/aromatic N) is 1. The zero-order valence-electron chi connectivity index (χ0n) is 18.4. The van der Waals surface area contributed by atoms with Crippen molar-refractivity contribution in [2.24, 2.45) is 0 Å². The number of carbonyl (C=O) groups is 1. The molecule has 1 amide bonds. The molecule has 0 aliphatic carbocycles. The number of thioether (sulfide) groups is 1. The Bertz CT molecular complexity index is 1360. The van der Waals surface area contributed by atoms with Gasteiger partial charge in [0.2, 0.25) is 15.7 Å². The average molecular weight is 508 g/mol. The van der Waals surface area contributed by atoms with E-state index in [1.165, 1.54) is 25.3 Å². The highest BCUT2D eigenvalue weighted by Crippen LogP contribution is 2.29. The van der Waals surface area contributed by atoms with Gasteiger partial charge in [0, 0.05) is 5.69 Å². The molecule has 0 unspecified atom stereocenters. The van der Waals surface area contributed by atoms with Crippen LogP contribution in [0.4, 0.5) is 5.69 Å². The smallest absolute Gasteiger partial charge is 0.270 e. The lowest BCUT2D eigenvalue weighted by atomic mass is 10.1. The van der Waals surface area contributed by atoms with Gasteiger partial charge in [-0.3, -0.25) is 9.59 Å². The Labute approximate surface area is 200 Å². The molecule has 0 aliphatic heterocycles. The van der Waals surface area contributed by atoms with Crippen LogP contribution in [-0.2, 0) is 14.6 Å². The van der Waals surface area contributed by atoms with Gasteiger partial charge in [-0.15, -0.1) is 0 Å². The van der Waals surface area contributed by atoms with E-state index in [1.807, 2.05) is 32.9 Å². The molecule has 0 aliphatic rings. The number of hydrogen-bond acceptors (Lipinski definition) is 7. The Morgan fingerprint density at radius 1 is 1.18 bits per heavy atom. The van der Waals surface area contributed by atoms with Crippen LogP contribution < -0.4 is 15.6 Å². The van der Waals surface area contributed by atoms with E-state index in [-0.39, 0.29) is 26.7 Å². The number of aromatic amines is 1. The number of methoxy groups -OCH3 is 1. The molecule has 3 aromatic rings. The zero-order chi connectivity index (χ0) is 24.3. The van der Waals surface area contributed by atoms with Gasteiger partial charge in [-0.2, -0.15) is 0 Å². The minimum atomic E-state index is -4.15. The Morgan fingerprint density at radius 3 is 2.42 bits per heavy atom. The molecule has 1 heterocycles. The maximum Gasteiger partial charge on any atom is 0.270 e. The number of sulfone groups is 1. The lowest BCUT2D eigenvalue weighted by Crippen LogP contribution is -2.20. The first kappa shape index (κ1) is 24.8. The second-order valence-electron chi connectivity index (χ2n) is 7.29. The van der Waals surface area contributed by atoms with E-state index in [2.05, 4.69) is 15.3 Å². The van der Waals surface area contributed by atoms with Crippen LogP contribution in [0.15, 0.2) is 56.3 Å². The maximum absolute atomic E-state index is 12.8. The first-order valence-corrected chi connectivity index (χ1v) is 12.6. The summed E-state index contributed by atoms with van der Waals surface area (Å²) in [5, 5.41) is 3.09. The number of anilines is 1. The Morgan fingerprint density at radius 2 is 1.85 bits per heavy atom. The normalized spacial score (nSPS) is 11.3. The summed E-state index contributed by atoms with van der Waals surface area (Å²) in [5.74, 6) is 0.0153. The van der Waals surface area contributed by atoms with E-state index in [9.17, 15) is 18.0 Å². The van der Waals surface area contributed by atoms with Crippen LogP contribution in [-0.4, -0.2) is 37.2 Å². The third-order valence-electron chi connectivity index (χ3n) is 4.75. The molecule has 0 atom stereocenters. The highest BCUT2D eigenvalue weighted by atomic mass is 35.5. The average Bonchev–Trinajstić information content (AvgIpc) is 2.74. The molecule has 0 bridgehead atoms. The molecule has 0 fully saturated rings. The minimum Gasteiger partial charge on any atom is -0.495 e. The molecule has 1 aromatic heterocycles. The van der Waals surface area contributed by atoms with Crippen molar-refractivity contribution in [1.82, 2.24) is 9.97 Å². The van der Waals surface area contributed by atoms with Crippen molar-refractivity contribution in [3.8, 4) is 5.75 Å². The number of hydrogen-bond donors (Lipinski definition) is 2. The van der Waals surface area contributed by atoms with Crippen molar-refractivity contribution in [2.45, 2.75) is 35.7 Å². The highest BCUT2D eigenvalue weighted by molar-refractivity contribution is 7.99. The second-order valence-corrected chi connectivity index (χ2v) is 10.6. The van der Waals surface area contributed by atoms with E-state index in [0.717, 1.165) is 40.3 Å². The topological polar surface area (TPSA) is 118 Å².